The van der Waals surface area contributed by atoms with Crippen molar-refractivity contribution >= 4 is 5.91 Å². The van der Waals surface area contributed by atoms with E-state index in [4.69, 9.17) is 4.74 Å². The van der Waals surface area contributed by atoms with Gasteiger partial charge in [-0.15, -0.1) is 0 Å². The Morgan fingerprint density at radius 2 is 2.04 bits per heavy atom. The number of aromatic amines is 2. The molecule has 128 valence electrons. The van der Waals surface area contributed by atoms with E-state index in [1.54, 1.807) is 14.0 Å². The van der Waals surface area contributed by atoms with Gasteiger partial charge in [0.2, 0.25) is 5.91 Å². The number of hydrogen-bond acceptors (Lipinski definition) is 3. The fraction of sp³-hybridized carbons (Fsp3) is 0.444. The van der Waals surface area contributed by atoms with Crippen LogP contribution in [-0.2, 0) is 17.6 Å². The van der Waals surface area contributed by atoms with E-state index >= 15 is 0 Å². The number of aryl methyl sites for hydroxylation is 1. The number of nitrogens with one attached hydrogen (secondary N) is 2. The highest BCUT2D eigenvalue weighted by atomic mass is 16.5. The zero-order chi connectivity index (χ0) is 17.1. The van der Waals surface area contributed by atoms with Crippen LogP contribution in [-0.4, -0.2) is 41.2 Å². The number of likely N-dealkylation sites (tertiary alicyclic amines) is 1. The zero-order valence-electron chi connectivity index (χ0n) is 14.1. The van der Waals surface area contributed by atoms with E-state index in [2.05, 4.69) is 22.3 Å². The number of rotatable bonds is 5. The number of carbonyl (C=O) groups is 1. The van der Waals surface area contributed by atoms with Crippen molar-refractivity contribution in [3.63, 3.8) is 0 Å². The first-order valence-electron chi connectivity index (χ1n) is 8.23. The lowest BCUT2D eigenvalue weighted by Crippen LogP contribution is -2.31. The molecule has 0 aliphatic carbocycles. The molecule has 1 fully saturated rings. The Balaban J connectivity index is 1.56. The van der Waals surface area contributed by atoms with Crippen LogP contribution in [0, 0.1) is 12.8 Å². The summed E-state index contributed by atoms with van der Waals surface area (Å²) in [6, 6.07) is 8.08. The Hall–Kier alpha value is -2.50. The summed E-state index contributed by atoms with van der Waals surface area (Å²) in [5.74, 6) is 1.35. The van der Waals surface area contributed by atoms with Gasteiger partial charge in [0, 0.05) is 24.3 Å². The molecular formula is C18H23N3O3. The molecule has 1 aromatic carbocycles. The van der Waals surface area contributed by atoms with Crippen LogP contribution in [0.1, 0.15) is 23.2 Å². The van der Waals surface area contributed by atoms with E-state index in [0.29, 0.717) is 11.5 Å². The number of hydrogen-bond donors (Lipinski definition) is 2. The van der Waals surface area contributed by atoms with E-state index in [-0.39, 0.29) is 17.9 Å². The number of aromatic nitrogens is 2. The summed E-state index contributed by atoms with van der Waals surface area (Å²) in [5.41, 5.74) is 2.34. The number of methoxy groups -OCH3 is 1. The summed E-state index contributed by atoms with van der Waals surface area (Å²) >= 11 is 0. The maximum atomic E-state index is 12.4. The second kappa shape index (κ2) is 6.95. The highest BCUT2D eigenvalue weighted by Gasteiger charge is 2.27. The van der Waals surface area contributed by atoms with Gasteiger partial charge in [0.1, 0.15) is 5.75 Å². The first-order valence-corrected chi connectivity index (χ1v) is 8.23. The average Bonchev–Trinajstić information content (AvgIpc) is 3.17. The standard InChI is InChI=1S/C18H23N3O3/c1-12-16(18(23)20-19-12)10-17(22)21-8-7-14(11-21)9-13-3-5-15(24-2)6-4-13/h3-6,14H,7-11H2,1-2H3,(H2,19,20,23). The molecule has 1 amide bonds. The smallest absolute Gasteiger partial charge is 0.267 e. The first kappa shape index (κ1) is 16.4. The summed E-state index contributed by atoms with van der Waals surface area (Å²) < 4.78 is 5.17. The number of amides is 1. The van der Waals surface area contributed by atoms with Crippen molar-refractivity contribution in [2.45, 2.75) is 26.2 Å². The number of H-pyrrole nitrogens is 2. The van der Waals surface area contributed by atoms with Crippen molar-refractivity contribution in [3.05, 3.63) is 51.4 Å². The van der Waals surface area contributed by atoms with E-state index in [1.165, 1.54) is 5.56 Å². The monoisotopic (exact) mass is 329 g/mol. The van der Waals surface area contributed by atoms with Gasteiger partial charge in [0.05, 0.1) is 13.5 Å². The minimum atomic E-state index is -0.199. The maximum absolute atomic E-state index is 12.4. The van der Waals surface area contributed by atoms with Gasteiger partial charge < -0.3 is 14.7 Å². The highest BCUT2D eigenvalue weighted by molar-refractivity contribution is 5.79. The van der Waals surface area contributed by atoms with Gasteiger partial charge in [0.25, 0.3) is 5.56 Å². The van der Waals surface area contributed by atoms with Gasteiger partial charge in [-0.25, -0.2) is 0 Å². The Labute approximate surface area is 140 Å². The minimum absolute atomic E-state index is 0.0282. The number of nitrogens with zero attached hydrogens (tertiary/aromatic N) is 1. The van der Waals surface area contributed by atoms with Crippen molar-refractivity contribution in [3.8, 4) is 5.75 Å². The topological polar surface area (TPSA) is 78.2 Å². The maximum Gasteiger partial charge on any atom is 0.267 e. The SMILES string of the molecule is COc1ccc(CC2CCN(C(=O)Cc3c(C)[nH][nH]c3=O)C2)cc1. The lowest BCUT2D eigenvalue weighted by atomic mass is 9.99. The molecule has 0 radical (unpaired) electrons. The third kappa shape index (κ3) is 3.53. The number of carbonyl (C=O) groups excluding carboxylic acids is 1. The van der Waals surface area contributed by atoms with Crippen LogP contribution in [0.4, 0.5) is 0 Å². The molecule has 1 aromatic heterocycles. The second-order valence-electron chi connectivity index (χ2n) is 6.41. The first-order chi connectivity index (χ1) is 11.6. The molecule has 3 rings (SSSR count). The van der Waals surface area contributed by atoms with Crippen LogP contribution in [0.5, 0.6) is 5.75 Å². The number of ether oxygens (including phenoxy) is 1. The average molecular weight is 329 g/mol. The molecule has 1 aliphatic rings. The largest absolute Gasteiger partial charge is 0.497 e. The summed E-state index contributed by atoms with van der Waals surface area (Å²) in [6.45, 7) is 3.32. The molecule has 2 heterocycles. The summed E-state index contributed by atoms with van der Waals surface area (Å²) in [7, 11) is 1.66. The lowest BCUT2D eigenvalue weighted by molar-refractivity contribution is -0.129. The van der Waals surface area contributed by atoms with Crippen molar-refractivity contribution in [2.24, 2.45) is 5.92 Å². The van der Waals surface area contributed by atoms with Gasteiger partial charge in [-0.1, -0.05) is 12.1 Å². The molecule has 6 heteroatoms. The predicted octanol–water partition coefficient (Wildman–Crippen LogP) is 1.65. The molecule has 2 N–H and O–H groups in total. The molecule has 1 unspecified atom stereocenters. The molecule has 1 aliphatic heterocycles. The molecule has 24 heavy (non-hydrogen) atoms. The Morgan fingerprint density at radius 1 is 1.29 bits per heavy atom. The molecule has 1 saturated heterocycles. The third-order valence-corrected chi connectivity index (χ3v) is 4.74. The van der Waals surface area contributed by atoms with Crippen molar-refractivity contribution in [1.82, 2.24) is 15.1 Å². The summed E-state index contributed by atoms with van der Waals surface area (Å²) in [5, 5.41) is 5.29. The molecule has 6 nitrogen and oxygen atoms in total. The van der Waals surface area contributed by atoms with Crippen LogP contribution in [0.2, 0.25) is 0 Å². The van der Waals surface area contributed by atoms with Crippen LogP contribution >= 0.6 is 0 Å². The van der Waals surface area contributed by atoms with Crippen molar-refractivity contribution < 1.29 is 9.53 Å². The van der Waals surface area contributed by atoms with Gasteiger partial charge in [-0.05, 0) is 43.4 Å². The quantitative estimate of drug-likeness (QED) is 0.875. The van der Waals surface area contributed by atoms with E-state index < -0.39 is 0 Å². The minimum Gasteiger partial charge on any atom is -0.497 e. The van der Waals surface area contributed by atoms with Crippen molar-refractivity contribution in [1.29, 1.82) is 0 Å². The molecule has 0 bridgehead atoms. The van der Waals surface area contributed by atoms with E-state index in [9.17, 15) is 9.59 Å². The van der Waals surface area contributed by atoms with Crippen molar-refractivity contribution in [2.75, 3.05) is 20.2 Å². The van der Waals surface area contributed by atoms with Crippen LogP contribution < -0.4 is 10.3 Å². The third-order valence-electron chi connectivity index (χ3n) is 4.74. The Kier molecular flexibility index (Phi) is 4.74. The van der Waals surface area contributed by atoms with Crippen LogP contribution in [0.25, 0.3) is 0 Å². The Morgan fingerprint density at radius 3 is 2.67 bits per heavy atom. The van der Waals surface area contributed by atoms with E-state index in [0.717, 1.165) is 37.4 Å². The van der Waals surface area contributed by atoms with Gasteiger partial charge >= 0.3 is 0 Å². The Bertz CT molecular complexity index is 761. The van der Waals surface area contributed by atoms with Gasteiger partial charge in [-0.3, -0.25) is 14.7 Å². The van der Waals surface area contributed by atoms with Crippen LogP contribution in [0.3, 0.4) is 0 Å². The fourth-order valence-corrected chi connectivity index (χ4v) is 3.27. The van der Waals surface area contributed by atoms with Gasteiger partial charge in [0.15, 0.2) is 0 Å². The normalized spacial score (nSPS) is 17.2. The zero-order valence-corrected chi connectivity index (χ0v) is 14.1. The fourth-order valence-electron chi connectivity index (χ4n) is 3.27. The lowest BCUT2D eigenvalue weighted by Gasteiger charge is -2.16. The molecule has 1 atom stereocenters. The molecule has 2 aromatic rings. The van der Waals surface area contributed by atoms with E-state index in [1.807, 2.05) is 17.0 Å². The molecule has 0 saturated carbocycles. The molecule has 0 spiro atoms. The predicted molar refractivity (Wildman–Crippen MR) is 91.2 cm³/mol. The summed E-state index contributed by atoms with van der Waals surface area (Å²) in [6.07, 6.45) is 2.12. The molecular weight excluding hydrogens is 306 g/mol. The highest BCUT2D eigenvalue weighted by Crippen LogP contribution is 2.22. The van der Waals surface area contributed by atoms with Crippen LogP contribution in [0.15, 0.2) is 29.1 Å². The second-order valence-corrected chi connectivity index (χ2v) is 6.41. The summed E-state index contributed by atoms with van der Waals surface area (Å²) in [4.78, 5) is 26.0. The number of benzene rings is 1. The van der Waals surface area contributed by atoms with Gasteiger partial charge in [-0.2, -0.15) is 0 Å².